The number of aryl methyl sites for hydroxylation is 2. The van der Waals surface area contributed by atoms with Crippen LogP contribution in [0, 0.1) is 19.8 Å². The number of anilines is 2. The van der Waals surface area contributed by atoms with Gasteiger partial charge in [0.2, 0.25) is 11.9 Å². The lowest BCUT2D eigenvalue weighted by Crippen LogP contribution is -2.52. The van der Waals surface area contributed by atoms with Gasteiger partial charge >= 0.3 is 0 Å². The first-order valence-corrected chi connectivity index (χ1v) is 11.3. The summed E-state index contributed by atoms with van der Waals surface area (Å²) in [7, 11) is 0. The largest absolute Gasteiger partial charge is 0.368 e. The van der Waals surface area contributed by atoms with Crippen LogP contribution in [0.2, 0.25) is 0 Å². The molecule has 2 aliphatic heterocycles. The summed E-state index contributed by atoms with van der Waals surface area (Å²) < 4.78 is 2.09. The van der Waals surface area contributed by atoms with E-state index in [4.69, 9.17) is 0 Å². The third kappa shape index (κ3) is 3.84. The van der Waals surface area contributed by atoms with E-state index in [0.29, 0.717) is 12.5 Å². The summed E-state index contributed by atoms with van der Waals surface area (Å²) in [4.78, 5) is 20.0. The lowest BCUT2D eigenvalue weighted by molar-refractivity contribution is -0.136. The molecular weight excluding hydrogens is 388 g/mol. The second-order valence-corrected chi connectivity index (χ2v) is 8.79. The molecule has 3 aromatic rings. The number of nitrogens with zero attached hydrogens (tertiary/aromatic N) is 6. The zero-order valence-corrected chi connectivity index (χ0v) is 18.4. The monoisotopic (exact) mass is 418 g/mol. The Morgan fingerprint density at radius 1 is 0.903 bits per heavy atom. The summed E-state index contributed by atoms with van der Waals surface area (Å²) in [6, 6.07) is 14.7. The molecule has 0 aliphatic carbocycles. The Balaban J connectivity index is 1.24. The maximum Gasteiger partial charge on any atom is 0.231 e. The summed E-state index contributed by atoms with van der Waals surface area (Å²) >= 11 is 0. The Bertz CT molecular complexity index is 1070. The molecule has 0 spiro atoms. The molecule has 2 saturated heterocycles. The number of benzene rings is 1. The molecular formula is C24H30N6O. The first-order chi connectivity index (χ1) is 15.1. The van der Waals surface area contributed by atoms with E-state index in [1.807, 2.05) is 12.1 Å². The number of aromatic nitrogens is 3. The Morgan fingerprint density at radius 3 is 2.45 bits per heavy atom. The standard InChI is InChI=1S/C24H30N6O/c1-18-8-10-21(11-9-18)27-13-15-28(16-14-27)23(31)20-6-4-12-29(17-20)24-26-25-22-7-3-5-19(2)30(22)24/h3,5,7-11,20H,4,6,12-17H2,1-2H3/t20-/m1/s1. The van der Waals surface area contributed by atoms with Crippen LogP contribution in [0.5, 0.6) is 0 Å². The first-order valence-electron chi connectivity index (χ1n) is 11.3. The van der Waals surface area contributed by atoms with Gasteiger partial charge in [0.15, 0.2) is 5.65 Å². The maximum atomic E-state index is 13.3. The number of rotatable bonds is 3. The fraction of sp³-hybridized carbons (Fsp3) is 0.458. The van der Waals surface area contributed by atoms with Gasteiger partial charge in [-0.05, 0) is 51.0 Å². The van der Waals surface area contributed by atoms with E-state index in [2.05, 4.69) is 73.5 Å². The van der Waals surface area contributed by atoms with Crippen LogP contribution in [-0.4, -0.2) is 64.7 Å². The summed E-state index contributed by atoms with van der Waals surface area (Å²) in [5.74, 6) is 1.17. The van der Waals surface area contributed by atoms with Crippen molar-refractivity contribution in [3.8, 4) is 0 Å². The molecule has 0 radical (unpaired) electrons. The zero-order valence-electron chi connectivity index (χ0n) is 18.4. The number of carbonyl (C=O) groups excluding carboxylic acids is 1. The molecule has 7 nitrogen and oxygen atoms in total. The number of amides is 1. The predicted octanol–water partition coefficient (Wildman–Crippen LogP) is 2.91. The van der Waals surface area contributed by atoms with E-state index >= 15 is 0 Å². The van der Waals surface area contributed by atoms with Gasteiger partial charge in [0.25, 0.3) is 0 Å². The number of pyridine rings is 1. The van der Waals surface area contributed by atoms with Crippen LogP contribution in [0.25, 0.3) is 5.65 Å². The number of hydrogen-bond donors (Lipinski definition) is 0. The Kier molecular flexibility index (Phi) is 5.26. The minimum atomic E-state index is 0.0241. The number of piperazine rings is 1. The van der Waals surface area contributed by atoms with Gasteiger partial charge < -0.3 is 14.7 Å². The van der Waals surface area contributed by atoms with Gasteiger partial charge in [-0.3, -0.25) is 9.20 Å². The number of hydrogen-bond acceptors (Lipinski definition) is 5. The molecule has 5 rings (SSSR count). The Morgan fingerprint density at radius 2 is 1.68 bits per heavy atom. The first kappa shape index (κ1) is 19.8. The molecule has 162 valence electrons. The highest BCUT2D eigenvalue weighted by Gasteiger charge is 2.32. The predicted molar refractivity (Wildman–Crippen MR) is 123 cm³/mol. The summed E-state index contributed by atoms with van der Waals surface area (Å²) in [6.07, 6.45) is 1.95. The average Bonchev–Trinajstić information content (AvgIpc) is 3.25. The van der Waals surface area contributed by atoms with E-state index in [-0.39, 0.29) is 5.92 Å². The van der Waals surface area contributed by atoms with Crippen molar-refractivity contribution in [2.45, 2.75) is 26.7 Å². The van der Waals surface area contributed by atoms with Crippen molar-refractivity contribution >= 4 is 23.2 Å². The van der Waals surface area contributed by atoms with Gasteiger partial charge in [0.05, 0.1) is 5.92 Å². The van der Waals surface area contributed by atoms with Gasteiger partial charge in [-0.25, -0.2) is 0 Å². The third-order valence-electron chi connectivity index (χ3n) is 6.65. The van der Waals surface area contributed by atoms with E-state index in [9.17, 15) is 4.79 Å². The highest BCUT2D eigenvalue weighted by atomic mass is 16.2. The summed E-state index contributed by atoms with van der Waals surface area (Å²) in [5.41, 5.74) is 4.49. The molecule has 0 unspecified atom stereocenters. The van der Waals surface area contributed by atoms with Gasteiger partial charge in [-0.1, -0.05) is 23.8 Å². The van der Waals surface area contributed by atoms with Crippen LogP contribution < -0.4 is 9.80 Å². The molecule has 4 heterocycles. The van der Waals surface area contributed by atoms with E-state index < -0.39 is 0 Å². The SMILES string of the molecule is Cc1ccc(N2CCN(C(=O)[C@@H]3CCCN(c4nnc5cccc(C)n45)C3)CC2)cc1. The van der Waals surface area contributed by atoms with Crippen molar-refractivity contribution in [1.29, 1.82) is 0 Å². The lowest BCUT2D eigenvalue weighted by atomic mass is 9.96. The van der Waals surface area contributed by atoms with Crippen LogP contribution in [0.3, 0.4) is 0 Å². The van der Waals surface area contributed by atoms with Crippen LogP contribution in [0.4, 0.5) is 11.6 Å². The van der Waals surface area contributed by atoms with Crippen LogP contribution in [-0.2, 0) is 4.79 Å². The maximum absolute atomic E-state index is 13.3. The molecule has 2 aliphatic rings. The fourth-order valence-corrected chi connectivity index (χ4v) is 4.85. The third-order valence-corrected chi connectivity index (χ3v) is 6.65. The van der Waals surface area contributed by atoms with Crippen LogP contribution in [0.15, 0.2) is 42.5 Å². The molecule has 2 fully saturated rings. The molecule has 0 saturated carbocycles. The van der Waals surface area contributed by atoms with Crippen molar-refractivity contribution in [2.75, 3.05) is 49.1 Å². The van der Waals surface area contributed by atoms with Gasteiger partial charge in [0.1, 0.15) is 0 Å². The van der Waals surface area contributed by atoms with E-state index in [1.54, 1.807) is 0 Å². The highest BCUT2D eigenvalue weighted by molar-refractivity contribution is 5.80. The minimum absolute atomic E-state index is 0.0241. The number of carbonyl (C=O) groups is 1. The highest BCUT2D eigenvalue weighted by Crippen LogP contribution is 2.26. The Labute approximate surface area is 183 Å². The summed E-state index contributed by atoms with van der Waals surface area (Å²) in [6.45, 7) is 9.16. The minimum Gasteiger partial charge on any atom is -0.368 e. The Hall–Kier alpha value is -3.09. The lowest BCUT2D eigenvalue weighted by Gasteiger charge is -2.39. The van der Waals surface area contributed by atoms with Crippen molar-refractivity contribution < 1.29 is 4.79 Å². The molecule has 0 N–H and O–H groups in total. The van der Waals surface area contributed by atoms with Crippen molar-refractivity contribution in [1.82, 2.24) is 19.5 Å². The normalized spacial score (nSPS) is 19.8. The summed E-state index contributed by atoms with van der Waals surface area (Å²) in [5, 5.41) is 8.77. The average molecular weight is 419 g/mol. The smallest absolute Gasteiger partial charge is 0.231 e. The topological polar surface area (TPSA) is 57.0 Å². The van der Waals surface area contributed by atoms with E-state index in [0.717, 1.165) is 62.9 Å². The molecule has 31 heavy (non-hydrogen) atoms. The fourth-order valence-electron chi connectivity index (χ4n) is 4.85. The van der Waals surface area contributed by atoms with Crippen molar-refractivity contribution in [3.05, 3.63) is 53.7 Å². The van der Waals surface area contributed by atoms with Crippen LogP contribution in [0.1, 0.15) is 24.1 Å². The number of piperidine rings is 1. The molecule has 0 bridgehead atoms. The van der Waals surface area contributed by atoms with E-state index in [1.165, 1.54) is 11.3 Å². The molecule has 2 aromatic heterocycles. The molecule has 7 heteroatoms. The molecule has 1 amide bonds. The van der Waals surface area contributed by atoms with Gasteiger partial charge in [-0.15, -0.1) is 10.2 Å². The molecule has 1 aromatic carbocycles. The second kappa shape index (κ2) is 8.21. The zero-order chi connectivity index (χ0) is 21.4. The van der Waals surface area contributed by atoms with Crippen molar-refractivity contribution in [2.24, 2.45) is 5.92 Å². The second-order valence-electron chi connectivity index (χ2n) is 8.79. The number of fused-ring (bicyclic) bond motifs is 1. The quantitative estimate of drug-likeness (QED) is 0.655. The molecule has 1 atom stereocenters. The van der Waals surface area contributed by atoms with Gasteiger partial charge in [-0.2, -0.15) is 0 Å². The van der Waals surface area contributed by atoms with Crippen LogP contribution >= 0.6 is 0 Å². The van der Waals surface area contributed by atoms with Crippen molar-refractivity contribution in [3.63, 3.8) is 0 Å². The van der Waals surface area contributed by atoms with Gasteiger partial charge in [0, 0.05) is 50.6 Å².